The highest BCUT2D eigenvalue weighted by Crippen LogP contribution is 2.41. The van der Waals surface area contributed by atoms with E-state index in [1.807, 2.05) is 17.2 Å². The number of carbonyl (C=O) groups excluding carboxylic acids is 2. The summed E-state index contributed by atoms with van der Waals surface area (Å²) in [6.45, 7) is 3.22. The first kappa shape index (κ1) is 18.5. The van der Waals surface area contributed by atoms with Gasteiger partial charge in [-0.3, -0.25) is 24.0 Å². The Morgan fingerprint density at radius 1 is 1.32 bits per heavy atom. The molecule has 148 valence electrons. The molecule has 0 radical (unpaired) electrons. The van der Waals surface area contributed by atoms with E-state index in [0.29, 0.717) is 26.1 Å². The number of likely N-dealkylation sites (N-methyl/N-ethyl adjacent to an activating group) is 1. The Balaban J connectivity index is 1.64. The second-order valence-corrected chi connectivity index (χ2v) is 7.84. The molecule has 2 bridgehead atoms. The molecule has 8 nitrogen and oxygen atoms in total. The maximum absolute atomic E-state index is 13.4. The number of H-pyrrole nitrogens is 1. The highest BCUT2D eigenvalue weighted by Gasteiger charge is 2.44. The lowest BCUT2D eigenvalue weighted by molar-refractivity contribution is -0.140. The van der Waals surface area contributed by atoms with Crippen molar-refractivity contribution in [1.82, 2.24) is 24.6 Å². The van der Waals surface area contributed by atoms with Gasteiger partial charge in [-0.15, -0.1) is 0 Å². The summed E-state index contributed by atoms with van der Waals surface area (Å²) in [5.74, 6) is -0.0243. The lowest BCUT2D eigenvalue weighted by Gasteiger charge is -2.46. The van der Waals surface area contributed by atoms with Crippen LogP contribution in [0.5, 0.6) is 0 Å². The molecule has 2 amide bonds. The number of nitrogens with one attached hydrogen (secondary N) is 1. The Morgan fingerprint density at radius 3 is 2.86 bits per heavy atom. The van der Waals surface area contributed by atoms with E-state index in [0.717, 1.165) is 17.7 Å². The fraction of sp³-hybridized carbons (Fsp3) is 0.500. The molecule has 0 aromatic carbocycles. The minimum atomic E-state index is -0.573. The Hall–Kier alpha value is -2.90. The first-order valence-corrected chi connectivity index (χ1v) is 9.65. The molecule has 2 aliphatic rings. The van der Waals surface area contributed by atoms with Crippen molar-refractivity contribution in [3.63, 3.8) is 0 Å². The van der Waals surface area contributed by atoms with Crippen LogP contribution in [0.1, 0.15) is 36.6 Å². The summed E-state index contributed by atoms with van der Waals surface area (Å²) < 4.78 is 1.67. The zero-order chi connectivity index (χ0) is 19.8. The van der Waals surface area contributed by atoms with E-state index < -0.39 is 6.04 Å². The first-order valence-electron chi connectivity index (χ1n) is 9.65. The molecule has 0 aliphatic carbocycles. The summed E-state index contributed by atoms with van der Waals surface area (Å²) in [5, 5.41) is 6.71. The van der Waals surface area contributed by atoms with E-state index in [1.165, 1.54) is 6.07 Å². The average Bonchev–Trinajstić information content (AvgIpc) is 3.20. The van der Waals surface area contributed by atoms with Crippen molar-refractivity contribution in [2.75, 3.05) is 26.7 Å². The fourth-order valence-electron chi connectivity index (χ4n) is 4.56. The second-order valence-electron chi connectivity index (χ2n) is 7.84. The van der Waals surface area contributed by atoms with Gasteiger partial charge in [-0.2, -0.15) is 5.10 Å². The molecule has 4 rings (SSSR count). The van der Waals surface area contributed by atoms with Crippen molar-refractivity contribution in [2.45, 2.75) is 31.7 Å². The molecule has 2 aromatic rings. The molecule has 28 heavy (non-hydrogen) atoms. The smallest absolute Gasteiger partial charge is 0.251 e. The molecule has 2 aliphatic heterocycles. The van der Waals surface area contributed by atoms with Crippen LogP contribution in [0.2, 0.25) is 0 Å². The van der Waals surface area contributed by atoms with Gasteiger partial charge in [-0.05, 0) is 24.5 Å². The third-order valence-electron chi connectivity index (χ3n) is 6.01. The van der Waals surface area contributed by atoms with E-state index in [2.05, 4.69) is 10.2 Å². The van der Waals surface area contributed by atoms with Gasteiger partial charge < -0.3 is 9.80 Å². The maximum Gasteiger partial charge on any atom is 0.251 e. The molecular formula is C20H25N5O3. The SMILES string of the molecule is CC(=O)N1C[C@H]2C[C@@H](C1)[C@H](C(=O)N(C)CCc1cn[nH]c1)n1c2cccc1=O. The fourth-order valence-corrected chi connectivity index (χ4v) is 4.56. The van der Waals surface area contributed by atoms with E-state index in [1.54, 1.807) is 35.7 Å². The van der Waals surface area contributed by atoms with Crippen LogP contribution in [0.3, 0.4) is 0 Å². The number of hydrogen-bond donors (Lipinski definition) is 1. The van der Waals surface area contributed by atoms with Crippen molar-refractivity contribution in [3.05, 3.63) is 52.2 Å². The van der Waals surface area contributed by atoms with Crippen LogP contribution in [0.4, 0.5) is 0 Å². The largest absolute Gasteiger partial charge is 0.344 e. The van der Waals surface area contributed by atoms with Crippen LogP contribution in [0.15, 0.2) is 35.4 Å². The molecule has 3 atom stereocenters. The van der Waals surface area contributed by atoms with Gasteiger partial charge in [0.1, 0.15) is 6.04 Å². The normalized spacial score (nSPS) is 23.2. The standard InChI is InChI=1S/C20H25N5O3/c1-13(26)24-11-15-8-16(12-24)19(25-17(15)4-3-5-18(25)27)20(28)23(2)7-6-14-9-21-22-10-14/h3-5,9-10,15-16,19H,6-8,11-12H2,1-2H3,(H,21,22)/t15-,16+,19-/m1/s1. The van der Waals surface area contributed by atoms with E-state index in [-0.39, 0.29) is 29.2 Å². The van der Waals surface area contributed by atoms with Gasteiger partial charge in [0.05, 0.1) is 6.20 Å². The van der Waals surface area contributed by atoms with Gasteiger partial charge in [0.15, 0.2) is 0 Å². The highest BCUT2D eigenvalue weighted by molar-refractivity contribution is 5.81. The second kappa shape index (κ2) is 7.26. The average molecular weight is 383 g/mol. The minimum Gasteiger partial charge on any atom is -0.344 e. The molecule has 0 spiro atoms. The van der Waals surface area contributed by atoms with Crippen molar-refractivity contribution in [1.29, 1.82) is 0 Å². The number of nitrogens with zero attached hydrogens (tertiary/aromatic N) is 4. The summed E-state index contributed by atoms with van der Waals surface area (Å²) in [5.41, 5.74) is 1.74. The topological polar surface area (TPSA) is 91.3 Å². The number of pyridine rings is 1. The number of likely N-dealkylation sites (tertiary alicyclic amines) is 1. The van der Waals surface area contributed by atoms with Crippen molar-refractivity contribution in [2.24, 2.45) is 5.92 Å². The van der Waals surface area contributed by atoms with Crippen LogP contribution >= 0.6 is 0 Å². The Kier molecular flexibility index (Phi) is 4.78. The summed E-state index contributed by atoms with van der Waals surface area (Å²) in [6.07, 6.45) is 5.07. The van der Waals surface area contributed by atoms with Crippen molar-refractivity contribution < 1.29 is 9.59 Å². The molecule has 4 heterocycles. The summed E-state index contributed by atoms with van der Waals surface area (Å²) in [6, 6.07) is 4.60. The van der Waals surface area contributed by atoms with E-state index in [4.69, 9.17) is 0 Å². The van der Waals surface area contributed by atoms with E-state index in [9.17, 15) is 14.4 Å². The number of fused-ring (bicyclic) bond motifs is 4. The monoisotopic (exact) mass is 383 g/mol. The number of aromatic amines is 1. The number of amides is 2. The minimum absolute atomic E-state index is 0.0148. The Morgan fingerprint density at radius 2 is 2.14 bits per heavy atom. The third-order valence-corrected chi connectivity index (χ3v) is 6.01. The first-order chi connectivity index (χ1) is 13.5. The van der Waals surface area contributed by atoms with Crippen LogP contribution in [-0.2, 0) is 16.0 Å². The zero-order valence-electron chi connectivity index (χ0n) is 16.2. The van der Waals surface area contributed by atoms with Crippen LogP contribution < -0.4 is 5.56 Å². The molecule has 0 saturated carbocycles. The maximum atomic E-state index is 13.4. The lowest BCUT2D eigenvalue weighted by atomic mass is 9.78. The lowest BCUT2D eigenvalue weighted by Crippen LogP contribution is -2.54. The van der Waals surface area contributed by atoms with Gasteiger partial charge in [-0.25, -0.2) is 0 Å². The Bertz CT molecular complexity index is 936. The van der Waals surface area contributed by atoms with Crippen LogP contribution in [0.25, 0.3) is 0 Å². The zero-order valence-corrected chi connectivity index (χ0v) is 16.2. The molecule has 8 heteroatoms. The van der Waals surface area contributed by atoms with Crippen LogP contribution in [-0.4, -0.2) is 63.1 Å². The number of hydrogen-bond acceptors (Lipinski definition) is 4. The van der Waals surface area contributed by atoms with Crippen molar-refractivity contribution in [3.8, 4) is 0 Å². The number of rotatable bonds is 4. The summed E-state index contributed by atoms with van der Waals surface area (Å²) in [7, 11) is 1.77. The highest BCUT2D eigenvalue weighted by atomic mass is 16.2. The van der Waals surface area contributed by atoms with Gasteiger partial charge in [0, 0.05) is 63.4 Å². The molecule has 0 unspecified atom stereocenters. The third kappa shape index (κ3) is 3.23. The van der Waals surface area contributed by atoms with Gasteiger partial charge >= 0.3 is 0 Å². The molecule has 2 aromatic heterocycles. The Labute approximate surface area is 163 Å². The number of piperidine rings is 1. The number of aromatic nitrogens is 3. The molecular weight excluding hydrogens is 358 g/mol. The van der Waals surface area contributed by atoms with Crippen molar-refractivity contribution >= 4 is 11.8 Å². The predicted octanol–water partition coefficient (Wildman–Crippen LogP) is 0.779. The molecule has 1 saturated heterocycles. The van der Waals surface area contributed by atoms with Gasteiger partial charge in [0.2, 0.25) is 11.8 Å². The van der Waals surface area contributed by atoms with Gasteiger partial charge in [0.25, 0.3) is 5.56 Å². The predicted molar refractivity (Wildman–Crippen MR) is 103 cm³/mol. The summed E-state index contributed by atoms with van der Waals surface area (Å²) in [4.78, 5) is 41.6. The number of carbonyl (C=O) groups is 2. The van der Waals surface area contributed by atoms with Crippen LogP contribution in [0, 0.1) is 5.92 Å². The molecule has 1 N–H and O–H groups in total. The molecule has 1 fully saturated rings. The quantitative estimate of drug-likeness (QED) is 0.845. The summed E-state index contributed by atoms with van der Waals surface area (Å²) >= 11 is 0. The van der Waals surface area contributed by atoms with Gasteiger partial charge in [-0.1, -0.05) is 6.07 Å². The van der Waals surface area contributed by atoms with E-state index >= 15 is 0 Å².